The van der Waals surface area contributed by atoms with Crippen LogP contribution in [-0.2, 0) is 0 Å². The second-order valence-corrected chi connectivity index (χ2v) is 2.21. The molecule has 0 aliphatic rings. The molecule has 0 bridgehead atoms. The molecule has 0 aliphatic carbocycles. The number of carbonyl (C=O) groups excluding carboxylic acids is 1. The summed E-state index contributed by atoms with van der Waals surface area (Å²) < 4.78 is 0. The van der Waals surface area contributed by atoms with E-state index in [2.05, 4.69) is 0 Å². The fourth-order valence-electron chi connectivity index (χ4n) is 0.395. The van der Waals surface area contributed by atoms with E-state index in [9.17, 15) is 9.90 Å². The molecular weight excluding hydrogens is 124 g/mol. The van der Waals surface area contributed by atoms with Crippen molar-refractivity contribution in [3.63, 3.8) is 0 Å². The Morgan fingerprint density at radius 1 is 1.75 bits per heavy atom. The highest BCUT2D eigenvalue weighted by atomic mass is 32.1. The van der Waals surface area contributed by atoms with Gasteiger partial charge in [-0.2, -0.15) is 0 Å². The molecule has 2 nitrogen and oxygen atoms in total. The molecule has 0 spiro atoms. The van der Waals surface area contributed by atoms with Gasteiger partial charge in [0, 0.05) is 0 Å². The number of thiophene rings is 1. The predicted octanol–water partition coefficient (Wildman–Crippen LogP) is 0.634. The van der Waals surface area contributed by atoms with Crippen LogP contribution in [0.2, 0.25) is 0 Å². The van der Waals surface area contributed by atoms with E-state index in [0.717, 1.165) is 0 Å². The molecular formula is C5H3O2S-. The molecule has 3 heteroatoms. The standard InChI is InChI=1S/C5H4O2S/c6-3-5-4(7)1-2-8-5/h1-3,7H/p-1. The molecule has 0 radical (unpaired) electrons. The van der Waals surface area contributed by atoms with Crippen LogP contribution in [0.4, 0.5) is 0 Å². The first-order valence-corrected chi connectivity index (χ1v) is 2.92. The Kier molecular flexibility index (Phi) is 1.30. The van der Waals surface area contributed by atoms with Gasteiger partial charge in [0.1, 0.15) is 0 Å². The van der Waals surface area contributed by atoms with E-state index in [1.807, 2.05) is 0 Å². The Balaban J connectivity index is 3.09. The minimum atomic E-state index is -0.176. The second-order valence-electron chi connectivity index (χ2n) is 1.27. The SMILES string of the molecule is O=Cc1sccc1[O-]. The molecule has 0 amide bonds. The quantitative estimate of drug-likeness (QED) is 0.519. The van der Waals surface area contributed by atoms with Gasteiger partial charge >= 0.3 is 0 Å². The molecule has 42 valence electrons. The summed E-state index contributed by atoms with van der Waals surface area (Å²) >= 11 is 1.17. The predicted molar refractivity (Wildman–Crippen MR) is 29.2 cm³/mol. The topological polar surface area (TPSA) is 40.1 Å². The highest BCUT2D eigenvalue weighted by molar-refractivity contribution is 7.12. The summed E-state index contributed by atoms with van der Waals surface area (Å²) in [5, 5.41) is 12.0. The van der Waals surface area contributed by atoms with E-state index >= 15 is 0 Å². The van der Waals surface area contributed by atoms with E-state index in [-0.39, 0.29) is 10.6 Å². The lowest BCUT2D eigenvalue weighted by Gasteiger charge is -1.96. The van der Waals surface area contributed by atoms with Gasteiger partial charge in [-0.15, -0.1) is 11.3 Å². The number of aldehydes is 1. The van der Waals surface area contributed by atoms with Crippen LogP contribution in [0.5, 0.6) is 5.75 Å². The Hall–Kier alpha value is -0.830. The lowest BCUT2D eigenvalue weighted by molar-refractivity contribution is -0.268. The van der Waals surface area contributed by atoms with Crippen molar-refractivity contribution in [3.05, 3.63) is 16.3 Å². The summed E-state index contributed by atoms with van der Waals surface area (Å²) in [7, 11) is 0. The second kappa shape index (κ2) is 1.96. The zero-order valence-electron chi connectivity index (χ0n) is 3.96. The van der Waals surface area contributed by atoms with Crippen LogP contribution >= 0.6 is 11.3 Å². The minimum Gasteiger partial charge on any atom is -0.871 e. The Labute approximate surface area is 50.4 Å². The van der Waals surface area contributed by atoms with E-state index in [1.54, 1.807) is 5.38 Å². The fourth-order valence-corrected chi connectivity index (χ4v) is 0.973. The van der Waals surface area contributed by atoms with Crippen molar-refractivity contribution in [2.75, 3.05) is 0 Å². The summed E-state index contributed by atoms with van der Waals surface area (Å²) in [5.74, 6) is -0.176. The summed E-state index contributed by atoms with van der Waals surface area (Å²) in [6.07, 6.45) is 0.576. The Bertz CT molecular complexity index is 192. The van der Waals surface area contributed by atoms with Gasteiger partial charge in [-0.25, -0.2) is 0 Å². The van der Waals surface area contributed by atoms with Crippen LogP contribution in [-0.4, -0.2) is 6.29 Å². The summed E-state index contributed by atoms with van der Waals surface area (Å²) in [6.45, 7) is 0. The molecule has 8 heavy (non-hydrogen) atoms. The van der Waals surface area contributed by atoms with Gasteiger partial charge in [0.05, 0.1) is 4.88 Å². The maximum atomic E-state index is 10.4. The van der Waals surface area contributed by atoms with E-state index in [4.69, 9.17) is 0 Å². The van der Waals surface area contributed by atoms with Crippen molar-refractivity contribution >= 4 is 17.6 Å². The zero-order valence-corrected chi connectivity index (χ0v) is 4.77. The van der Waals surface area contributed by atoms with Gasteiger partial charge in [-0.05, 0) is 5.38 Å². The van der Waals surface area contributed by atoms with Gasteiger partial charge in [-0.1, -0.05) is 11.8 Å². The van der Waals surface area contributed by atoms with Crippen molar-refractivity contribution in [3.8, 4) is 5.75 Å². The maximum absolute atomic E-state index is 10.4. The third-order valence-corrected chi connectivity index (χ3v) is 1.59. The van der Waals surface area contributed by atoms with Crippen LogP contribution in [0.1, 0.15) is 9.67 Å². The highest BCUT2D eigenvalue weighted by Gasteiger charge is 1.88. The van der Waals surface area contributed by atoms with Crippen molar-refractivity contribution < 1.29 is 9.90 Å². The molecule has 1 aromatic rings. The molecule has 0 aliphatic heterocycles. The fraction of sp³-hybridized carbons (Fsp3) is 0. The van der Waals surface area contributed by atoms with Gasteiger partial charge in [0.25, 0.3) is 0 Å². The lowest BCUT2D eigenvalue weighted by atomic mass is 10.5. The largest absolute Gasteiger partial charge is 0.871 e. The third-order valence-electron chi connectivity index (χ3n) is 0.764. The molecule has 1 rings (SSSR count). The zero-order chi connectivity index (χ0) is 5.98. The smallest absolute Gasteiger partial charge is 0.159 e. The number of carbonyl (C=O) groups is 1. The molecule has 0 fully saturated rings. The Morgan fingerprint density at radius 2 is 2.50 bits per heavy atom. The van der Waals surface area contributed by atoms with Gasteiger partial charge < -0.3 is 5.11 Å². The number of hydrogen-bond acceptors (Lipinski definition) is 3. The summed E-state index contributed by atoms with van der Waals surface area (Å²) in [6, 6.07) is 1.38. The molecule has 1 aromatic heterocycles. The normalized spacial score (nSPS) is 9.00. The Morgan fingerprint density at radius 3 is 2.75 bits per heavy atom. The molecule has 1 heterocycles. The van der Waals surface area contributed by atoms with Crippen LogP contribution in [0.15, 0.2) is 11.4 Å². The van der Waals surface area contributed by atoms with Crippen LogP contribution < -0.4 is 5.11 Å². The summed E-state index contributed by atoms with van der Waals surface area (Å²) in [4.78, 5) is 10.2. The average Bonchev–Trinajstić information content (AvgIpc) is 2.14. The summed E-state index contributed by atoms with van der Waals surface area (Å²) in [5.41, 5.74) is 0. The number of hydrogen-bond donors (Lipinski definition) is 0. The molecule has 0 saturated heterocycles. The first-order valence-electron chi connectivity index (χ1n) is 2.04. The maximum Gasteiger partial charge on any atom is 0.159 e. The van der Waals surface area contributed by atoms with Gasteiger partial charge in [0.15, 0.2) is 6.29 Å². The first kappa shape index (κ1) is 5.31. The average molecular weight is 127 g/mol. The van der Waals surface area contributed by atoms with Crippen LogP contribution in [0.3, 0.4) is 0 Å². The van der Waals surface area contributed by atoms with Crippen molar-refractivity contribution in [1.29, 1.82) is 0 Å². The van der Waals surface area contributed by atoms with Crippen molar-refractivity contribution in [2.24, 2.45) is 0 Å². The highest BCUT2D eigenvalue weighted by Crippen LogP contribution is 2.16. The van der Waals surface area contributed by atoms with Crippen LogP contribution in [0.25, 0.3) is 0 Å². The van der Waals surface area contributed by atoms with Gasteiger partial charge in [0.2, 0.25) is 0 Å². The number of rotatable bonds is 1. The molecule has 0 aromatic carbocycles. The molecule has 0 saturated carbocycles. The van der Waals surface area contributed by atoms with Crippen LogP contribution in [0, 0.1) is 0 Å². The lowest BCUT2D eigenvalue weighted by Crippen LogP contribution is -1.88. The molecule has 0 atom stereocenters. The van der Waals surface area contributed by atoms with Gasteiger partial charge in [-0.3, -0.25) is 4.79 Å². The van der Waals surface area contributed by atoms with E-state index < -0.39 is 0 Å². The van der Waals surface area contributed by atoms with Crippen molar-refractivity contribution in [1.82, 2.24) is 0 Å². The third kappa shape index (κ3) is 0.721. The molecule has 0 unspecified atom stereocenters. The first-order chi connectivity index (χ1) is 3.84. The monoisotopic (exact) mass is 127 g/mol. The van der Waals surface area contributed by atoms with E-state index in [1.165, 1.54) is 17.4 Å². The van der Waals surface area contributed by atoms with E-state index in [0.29, 0.717) is 6.29 Å². The molecule has 0 N–H and O–H groups in total. The minimum absolute atomic E-state index is 0.176. The van der Waals surface area contributed by atoms with Crippen molar-refractivity contribution in [2.45, 2.75) is 0 Å².